The van der Waals surface area contributed by atoms with Crippen LogP contribution >= 0.6 is 11.6 Å². The summed E-state index contributed by atoms with van der Waals surface area (Å²) in [5, 5.41) is 26.6. The molecular formula is C33H46ClN9O4. The highest BCUT2D eigenvalue weighted by Crippen LogP contribution is 2.22. The Morgan fingerprint density at radius 3 is 2.17 bits per heavy atom. The van der Waals surface area contributed by atoms with Gasteiger partial charge in [0.15, 0.2) is 28.4 Å². The average Bonchev–Trinajstić information content (AvgIpc) is 3.06. The molecule has 3 rings (SSSR count). The van der Waals surface area contributed by atoms with Gasteiger partial charge in [0.1, 0.15) is 0 Å². The van der Waals surface area contributed by atoms with Crippen molar-refractivity contribution < 1.29 is 19.8 Å². The van der Waals surface area contributed by atoms with Crippen LogP contribution in [0, 0.1) is 0 Å². The minimum Gasteiger partial charge on any atom is -0.394 e. The van der Waals surface area contributed by atoms with E-state index >= 15 is 0 Å². The van der Waals surface area contributed by atoms with Crippen LogP contribution in [0.4, 0.5) is 11.6 Å². The van der Waals surface area contributed by atoms with Gasteiger partial charge in [-0.15, -0.1) is 0 Å². The molecule has 13 nitrogen and oxygen atoms in total. The molecule has 2 amide bonds. The van der Waals surface area contributed by atoms with E-state index in [1.54, 1.807) is 0 Å². The van der Waals surface area contributed by atoms with Crippen molar-refractivity contribution in [2.24, 2.45) is 10.7 Å². The van der Waals surface area contributed by atoms with E-state index in [2.05, 4.69) is 79.4 Å². The van der Waals surface area contributed by atoms with Crippen LogP contribution in [0.1, 0.15) is 60.1 Å². The number of halogens is 1. The zero-order valence-corrected chi connectivity index (χ0v) is 27.3. The Morgan fingerprint density at radius 2 is 1.51 bits per heavy atom. The quantitative estimate of drug-likeness (QED) is 0.0528. The monoisotopic (exact) mass is 667 g/mol. The predicted octanol–water partition coefficient (Wildman–Crippen LogP) is 2.19. The molecule has 0 radical (unpaired) electrons. The lowest BCUT2D eigenvalue weighted by Gasteiger charge is -2.09. The average molecular weight is 668 g/mol. The van der Waals surface area contributed by atoms with Crippen LogP contribution in [0.15, 0.2) is 53.5 Å². The number of guanidine groups is 1. The number of nitrogens with zero attached hydrogens (tertiary/aromatic N) is 3. The molecule has 2 aromatic carbocycles. The first-order chi connectivity index (χ1) is 22.7. The molecule has 0 saturated carbocycles. The summed E-state index contributed by atoms with van der Waals surface area (Å²) in [4.78, 5) is 36.3. The number of nitrogens with one attached hydrogen (secondary N) is 3. The van der Waals surface area contributed by atoms with Gasteiger partial charge in [-0.25, -0.2) is 9.97 Å². The van der Waals surface area contributed by atoms with Crippen LogP contribution in [-0.2, 0) is 17.6 Å². The predicted molar refractivity (Wildman–Crippen MR) is 186 cm³/mol. The van der Waals surface area contributed by atoms with Gasteiger partial charge in [0.2, 0.25) is 5.91 Å². The number of aryl methyl sites for hydroxylation is 2. The molecule has 1 aromatic heterocycles. The van der Waals surface area contributed by atoms with Gasteiger partial charge in [-0.3, -0.25) is 19.9 Å². The van der Waals surface area contributed by atoms with Crippen molar-refractivity contribution in [1.82, 2.24) is 25.9 Å². The van der Waals surface area contributed by atoms with Crippen molar-refractivity contribution in [3.63, 3.8) is 0 Å². The Kier molecular flexibility index (Phi) is 15.9. The Labute approximate surface area is 280 Å². The van der Waals surface area contributed by atoms with Gasteiger partial charge in [-0.1, -0.05) is 60.1 Å². The fraction of sp³-hybridized carbons (Fsp3) is 0.424. The number of amides is 2. The maximum absolute atomic E-state index is 12.3. The number of aliphatic hydroxyl groups excluding tert-OH is 2. The number of anilines is 2. The molecule has 254 valence electrons. The largest absolute Gasteiger partial charge is 0.394 e. The summed E-state index contributed by atoms with van der Waals surface area (Å²) in [6, 6.07) is 16.7. The van der Waals surface area contributed by atoms with E-state index in [-0.39, 0.29) is 41.0 Å². The molecule has 14 heteroatoms. The molecule has 0 aliphatic rings. The number of nitrogen functional groups attached to an aromatic ring is 2. The second kappa shape index (κ2) is 20.0. The second-order valence-electron chi connectivity index (χ2n) is 11.1. The summed E-state index contributed by atoms with van der Waals surface area (Å²) in [6.45, 7) is 2.34. The molecule has 0 aliphatic carbocycles. The molecule has 1 heterocycles. The van der Waals surface area contributed by atoms with Gasteiger partial charge in [0.05, 0.1) is 12.7 Å². The zero-order chi connectivity index (χ0) is 34.0. The number of aliphatic hydroxyl groups is 2. The first-order valence-corrected chi connectivity index (χ1v) is 16.2. The van der Waals surface area contributed by atoms with E-state index in [1.165, 1.54) is 5.56 Å². The first-order valence-electron chi connectivity index (χ1n) is 15.8. The van der Waals surface area contributed by atoms with Crippen molar-refractivity contribution >= 4 is 41.0 Å². The molecule has 11 N–H and O–H groups in total. The highest BCUT2D eigenvalue weighted by molar-refractivity contribution is 6.31. The van der Waals surface area contributed by atoms with E-state index in [0.717, 1.165) is 55.3 Å². The van der Waals surface area contributed by atoms with Crippen LogP contribution in [0.5, 0.6) is 0 Å². The zero-order valence-electron chi connectivity index (χ0n) is 26.6. The molecule has 0 bridgehead atoms. The Balaban J connectivity index is 1.30. The fourth-order valence-electron chi connectivity index (χ4n) is 4.67. The van der Waals surface area contributed by atoms with Crippen molar-refractivity contribution in [3.8, 4) is 11.1 Å². The Bertz CT molecular complexity index is 1450. The van der Waals surface area contributed by atoms with Crippen LogP contribution < -0.4 is 33.2 Å². The molecule has 0 aliphatic heterocycles. The lowest BCUT2D eigenvalue weighted by Crippen LogP contribution is -2.38. The molecule has 0 fully saturated rings. The third-order valence-electron chi connectivity index (χ3n) is 7.37. The van der Waals surface area contributed by atoms with Gasteiger partial charge in [0.25, 0.3) is 5.91 Å². The van der Waals surface area contributed by atoms with Crippen LogP contribution in [-0.4, -0.2) is 76.8 Å². The van der Waals surface area contributed by atoms with E-state index in [1.807, 2.05) is 0 Å². The first kappa shape index (κ1) is 37.2. The van der Waals surface area contributed by atoms with Crippen molar-refractivity contribution in [3.05, 3.63) is 70.5 Å². The highest BCUT2D eigenvalue weighted by atomic mass is 35.5. The molecule has 1 unspecified atom stereocenters. The maximum Gasteiger partial charge on any atom is 0.280 e. The number of nitrogens with two attached hydrogens (primary N) is 3. The number of benzene rings is 2. The minimum absolute atomic E-state index is 0.0284. The number of unbranched alkanes of at least 4 members (excludes halogenated alkanes) is 2. The van der Waals surface area contributed by atoms with Crippen LogP contribution in [0.2, 0.25) is 5.15 Å². The van der Waals surface area contributed by atoms with Crippen molar-refractivity contribution in [1.29, 1.82) is 0 Å². The van der Waals surface area contributed by atoms with Crippen molar-refractivity contribution in [2.45, 2.75) is 57.5 Å². The van der Waals surface area contributed by atoms with Gasteiger partial charge in [-0.05, 0) is 73.7 Å². The normalized spacial score (nSPS) is 12.1. The van der Waals surface area contributed by atoms with Crippen LogP contribution in [0.25, 0.3) is 11.1 Å². The van der Waals surface area contributed by atoms with E-state index in [4.69, 9.17) is 33.9 Å². The number of carbonyl (C=O) groups is 2. The van der Waals surface area contributed by atoms with Gasteiger partial charge < -0.3 is 38.0 Å². The summed E-state index contributed by atoms with van der Waals surface area (Å²) in [6.07, 6.45) is 5.40. The number of carbonyl (C=O) groups excluding carboxylic acids is 2. The Hall–Kier alpha value is -4.30. The van der Waals surface area contributed by atoms with Gasteiger partial charge >= 0.3 is 0 Å². The number of rotatable bonds is 19. The number of aliphatic imine (C=N–C) groups is 1. The summed E-state index contributed by atoms with van der Waals surface area (Å²) >= 11 is 5.82. The topological polar surface area (TPSA) is 227 Å². The summed E-state index contributed by atoms with van der Waals surface area (Å²) in [5.41, 5.74) is 21.4. The summed E-state index contributed by atoms with van der Waals surface area (Å²) < 4.78 is 0. The van der Waals surface area contributed by atoms with Crippen LogP contribution in [0.3, 0.4) is 0 Å². The van der Waals surface area contributed by atoms with E-state index in [0.29, 0.717) is 38.9 Å². The molecule has 3 aromatic rings. The summed E-state index contributed by atoms with van der Waals surface area (Å²) in [7, 11) is 0. The lowest BCUT2D eigenvalue weighted by molar-refractivity contribution is -0.121. The second-order valence-corrected chi connectivity index (χ2v) is 11.5. The van der Waals surface area contributed by atoms with Gasteiger partial charge in [-0.2, -0.15) is 0 Å². The molecular weight excluding hydrogens is 622 g/mol. The molecule has 0 saturated heterocycles. The SMILES string of the molecule is NC(=NCCCCc1ccc(-c2ccc(CCC(=O)NCCNCCCCC(O)CO)cc2)cc1)NC(=O)c1nc(Cl)c(N)nc1N. The van der Waals surface area contributed by atoms with E-state index in [9.17, 15) is 14.7 Å². The standard InChI is InChI=1S/C33H46ClN9O4/c34-29-31(36)42-30(35)28(41-29)32(47)43-33(37)40-18-4-1-5-22-7-12-24(13-8-22)25-14-9-23(10-15-25)11-16-27(46)39-20-19-38-17-3-2-6-26(45)21-44/h7-10,12-15,26,38,44-45H,1-6,11,16-21H2,(H,39,46)(H4,35,36,42)(H3,37,40,43,47). The third-order valence-corrected chi connectivity index (χ3v) is 7.65. The highest BCUT2D eigenvalue weighted by Gasteiger charge is 2.16. The number of hydrogen-bond acceptors (Lipinski definition) is 10. The van der Waals surface area contributed by atoms with Crippen molar-refractivity contribution in [2.75, 3.05) is 44.3 Å². The Morgan fingerprint density at radius 1 is 0.851 bits per heavy atom. The minimum atomic E-state index is -0.669. The molecule has 1 atom stereocenters. The number of hydrogen-bond donors (Lipinski definition) is 8. The third kappa shape index (κ3) is 13.5. The van der Waals surface area contributed by atoms with E-state index < -0.39 is 12.0 Å². The van der Waals surface area contributed by atoms with Gasteiger partial charge in [0, 0.05) is 26.1 Å². The smallest absolute Gasteiger partial charge is 0.280 e. The maximum atomic E-state index is 12.3. The molecule has 0 spiro atoms. The molecule has 47 heavy (non-hydrogen) atoms. The summed E-state index contributed by atoms with van der Waals surface area (Å²) in [5.74, 6) is -0.907. The lowest BCUT2D eigenvalue weighted by atomic mass is 9.99. The number of aromatic nitrogens is 2. The fourth-order valence-corrected chi connectivity index (χ4v) is 4.80.